The molecule has 1 aliphatic rings. The first-order chi connectivity index (χ1) is 13.2. The molecule has 1 heterocycles. The van der Waals surface area contributed by atoms with Crippen LogP contribution in [0.15, 0.2) is 47.4 Å². The largest absolute Gasteiger partial charge is 0.480 e. The minimum atomic E-state index is -3.36. The van der Waals surface area contributed by atoms with Gasteiger partial charge in [0, 0.05) is 23.4 Å². The molecule has 2 aromatic rings. The molecule has 1 aliphatic heterocycles. The van der Waals surface area contributed by atoms with Crippen molar-refractivity contribution >= 4 is 15.8 Å². The molecule has 4 N–H and O–H groups in total. The lowest BCUT2D eigenvalue weighted by molar-refractivity contribution is -0.141. The quantitative estimate of drug-likeness (QED) is 0.540. The molecule has 3 rings (SSSR count). The maximum absolute atomic E-state index is 13.9. The lowest BCUT2D eigenvalue weighted by Crippen LogP contribution is -2.44. The molecule has 28 heavy (non-hydrogen) atoms. The SMILES string of the molecule is CS(=O)(=O)c1cccc(C#Cc2cc(F)cc(OC3NNNC3C(=O)O)c2)c1. The fraction of sp³-hybridized carbons (Fsp3) is 0.167. The van der Waals surface area contributed by atoms with Gasteiger partial charge < -0.3 is 9.84 Å². The smallest absolute Gasteiger partial charge is 0.327 e. The monoisotopic (exact) mass is 405 g/mol. The zero-order valence-electron chi connectivity index (χ0n) is 14.6. The maximum Gasteiger partial charge on any atom is 0.327 e. The standard InChI is InChI=1S/C18H16FN3O5S/c1-28(25,26)15-4-2-3-11(9-15)5-6-12-7-13(19)10-14(8-12)27-17-16(18(23)24)20-22-21-17/h2-4,7-10,16-17,20-22H,1H3,(H,23,24). The molecule has 1 saturated heterocycles. The second-order valence-corrected chi connectivity index (χ2v) is 8.01. The summed E-state index contributed by atoms with van der Waals surface area (Å²) in [7, 11) is -3.36. The number of hydrogen-bond donors (Lipinski definition) is 4. The third kappa shape index (κ3) is 4.85. The zero-order valence-corrected chi connectivity index (χ0v) is 15.4. The molecule has 0 radical (unpaired) electrons. The predicted octanol–water partition coefficient (Wildman–Crippen LogP) is 0.400. The van der Waals surface area contributed by atoms with Crippen LogP contribution in [-0.2, 0) is 14.6 Å². The lowest BCUT2D eigenvalue weighted by atomic mass is 10.1. The van der Waals surface area contributed by atoms with Gasteiger partial charge in [-0.25, -0.2) is 23.7 Å². The Labute approximate surface area is 160 Å². The number of halogens is 1. The van der Waals surface area contributed by atoms with Gasteiger partial charge in [-0.15, -0.1) is 0 Å². The van der Waals surface area contributed by atoms with E-state index < -0.39 is 33.9 Å². The number of carboxylic acids is 1. The third-order valence-corrected chi connectivity index (χ3v) is 4.87. The fourth-order valence-corrected chi connectivity index (χ4v) is 3.10. The van der Waals surface area contributed by atoms with E-state index in [0.717, 1.165) is 12.3 Å². The Hall–Kier alpha value is -2.97. The van der Waals surface area contributed by atoms with Gasteiger partial charge in [0.15, 0.2) is 22.1 Å². The van der Waals surface area contributed by atoms with Crippen LogP contribution in [0.1, 0.15) is 11.1 Å². The molecule has 0 aliphatic carbocycles. The van der Waals surface area contributed by atoms with Crippen molar-refractivity contribution in [1.82, 2.24) is 16.4 Å². The lowest BCUT2D eigenvalue weighted by Gasteiger charge is -2.16. The average molecular weight is 405 g/mol. The number of nitrogens with one attached hydrogen (secondary N) is 3. The number of benzene rings is 2. The minimum absolute atomic E-state index is 0.0865. The van der Waals surface area contributed by atoms with Crippen molar-refractivity contribution in [3.63, 3.8) is 0 Å². The van der Waals surface area contributed by atoms with E-state index in [-0.39, 0.29) is 16.2 Å². The summed E-state index contributed by atoms with van der Waals surface area (Å²) in [5, 5.41) is 9.10. The summed E-state index contributed by atoms with van der Waals surface area (Å²) < 4.78 is 42.6. The molecule has 10 heteroatoms. The van der Waals surface area contributed by atoms with Crippen molar-refractivity contribution in [3.05, 3.63) is 59.4 Å². The van der Waals surface area contributed by atoms with Gasteiger partial charge in [0.2, 0.25) is 0 Å². The first-order valence-electron chi connectivity index (χ1n) is 8.01. The zero-order chi connectivity index (χ0) is 20.3. The van der Waals surface area contributed by atoms with Gasteiger partial charge >= 0.3 is 5.97 Å². The van der Waals surface area contributed by atoms with Gasteiger partial charge in [0.05, 0.1) is 4.90 Å². The Balaban J connectivity index is 1.83. The number of aliphatic carboxylic acids is 1. The van der Waals surface area contributed by atoms with Gasteiger partial charge in [-0.3, -0.25) is 4.79 Å². The molecule has 2 unspecified atom stereocenters. The van der Waals surface area contributed by atoms with E-state index in [9.17, 15) is 17.6 Å². The van der Waals surface area contributed by atoms with Gasteiger partial charge in [0.25, 0.3) is 0 Å². The molecule has 0 spiro atoms. The average Bonchev–Trinajstić information content (AvgIpc) is 3.07. The van der Waals surface area contributed by atoms with Gasteiger partial charge in [-0.1, -0.05) is 17.9 Å². The Morgan fingerprint density at radius 2 is 1.89 bits per heavy atom. The van der Waals surface area contributed by atoms with Crippen LogP contribution < -0.4 is 21.1 Å². The summed E-state index contributed by atoms with van der Waals surface area (Å²) >= 11 is 0. The number of hydrazine groups is 2. The van der Waals surface area contributed by atoms with Crippen molar-refractivity contribution in [2.75, 3.05) is 6.26 Å². The Kier molecular flexibility index (Phi) is 5.62. The first-order valence-corrected chi connectivity index (χ1v) is 9.90. The Bertz CT molecular complexity index is 1080. The van der Waals surface area contributed by atoms with Crippen LogP contribution in [0, 0.1) is 17.7 Å². The molecular weight excluding hydrogens is 389 g/mol. The summed E-state index contributed by atoms with van der Waals surface area (Å²) in [6, 6.07) is 8.77. The van der Waals surface area contributed by atoms with Crippen LogP contribution in [0.5, 0.6) is 5.75 Å². The Morgan fingerprint density at radius 1 is 1.14 bits per heavy atom. The van der Waals surface area contributed by atoms with E-state index in [4.69, 9.17) is 9.84 Å². The second-order valence-electron chi connectivity index (χ2n) is 5.99. The summed E-state index contributed by atoms with van der Waals surface area (Å²) in [5.74, 6) is 3.85. The number of carboxylic acid groups (broad SMARTS) is 1. The van der Waals surface area contributed by atoms with Crippen LogP contribution in [0.25, 0.3) is 0 Å². The highest BCUT2D eigenvalue weighted by Crippen LogP contribution is 2.19. The van der Waals surface area contributed by atoms with E-state index in [0.29, 0.717) is 5.56 Å². The fourth-order valence-electron chi connectivity index (χ4n) is 2.44. The molecule has 0 saturated carbocycles. The number of sulfone groups is 1. The molecular formula is C18H16FN3O5S. The molecule has 0 aromatic heterocycles. The summed E-state index contributed by atoms with van der Waals surface area (Å²) in [6.07, 6.45) is 0.132. The number of hydrogen-bond acceptors (Lipinski definition) is 7. The van der Waals surface area contributed by atoms with Crippen molar-refractivity contribution in [3.8, 4) is 17.6 Å². The maximum atomic E-state index is 13.9. The van der Waals surface area contributed by atoms with Crippen molar-refractivity contribution in [2.45, 2.75) is 17.2 Å². The normalized spacial score (nSPS) is 18.9. The Morgan fingerprint density at radius 3 is 2.61 bits per heavy atom. The van der Waals surface area contributed by atoms with E-state index in [1.54, 1.807) is 12.1 Å². The highest BCUT2D eigenvalue weighted by molar-refractivity contribution is 7.90. The summed E-state index contributed by atoms with van der Waals surface area (Å²) in [4.78, 5) is 11.3. The van der Waals surface area contributed by atoms with Crippen molar-refractivity contribution < 1.29 is 27.4 Å². The molecule has 0 amide bonds. The van der Waals surface area contributed by atoms with E-state index in [1.807, 2.05) is 0 Å². The van der Waals surface area contributed by atoms with E-state index in [1.165, 1.54) is 24.3 Å². The van der Waals surface area contributed by atoms with E-state index >= 15 is 0 Å². The predicted molar refractivity (Wildman–Crippen MR) is 97.2 cm³/mol. The number of rotatable bonds is 4. The molecule has 8 nitrogen and oxygen atoms in total. The van der Waals surface area contributed by atoms with Crippen molar-refractivity contribution in [1.29, 1.82) is 0 Å². The van der Waals surface area contributed by atoms with Gasteiger partial charge in [0.1, 0.15) is 11.6 Å². The third-order valence-electron chi connectivity index (χ3n) is 3.76. The summed E-state index contributed by atoms with van der Waals surface area (Å²) in [5.41, 5.74) is 8.21. The second kappa shape index (κ2) is 7.95. The number of ether oxygens (including phenoxy) is 1. The summed E-state index contributed by atoms with van der Waals surface area (Å²) in [6.45, 7) is 0. The van der Waals surface area contributed by atoms with Crippen LogP contribution in [0.2, 0.25) is 0 Å². The minimum Gasteiger partial charge on any atom is -0.480 e. The van der Waals surface area contributed by atoms with Crippen LogP contribution in [0.3, 0.4) is 0 Å². The molecule has 2 aromatic carbocycles. The van der Waals surface area contributed by atoms with Gasteiger partial charge in [-0.2, -0.15) is 5.53 Å². The highest BCUT2D eigenvalue weighted by Gasteiger charge is 2.34. The number of carbonyl (C=O) groups is 1. The first kappa shape index (κ1) is 19.8. The van der Waals surface area contributed by atoms with Gasteiger partial charge in [-0.05, 0) is 30.3 Å². The van der Waals surface area contributed by atoms with Crippen LogP contribution in [-0.4, -0.2) is 38.0 Å². The molecule has 0 bridgehead atoms. The van der Waals surface area contributed by atoms with Crippen molar-refractivity contribution in [2.24, 2.45) is 0 Å². The molecule has 1 fully saturated rings. The van der Waals surface area contributed by atoms with Crippen LogP contribution >= 0.6 is 0 Å². The van der Waals surface area contributed by atoms with Crippen LogP contribution in [0.4, 0.5) is 4.39 Å². The molecule has 2 atom stereocenters. The highest BCUT2D eigenvalue weighted by atomic mass is 32.2. The molecule has 146 valence electrons. The topological polar surface area (TPSA) is 117 Å². The van der Waals surface area contributed by atoms with E-state index in [2.05, 4.69) is 28.2 Å².